The van der Waals surface area contributed by atoms with E-state index in [4.69, 9.17) is 4.74 Å². The van der Waals surface area contributed by atoms with E-state index in [2.05, 4.69) is 24.1 Å². The monoisotopic (exact) mass is 433 g/mol. The van der Waals surface area contributed by atoms with Gasteiger partial charge in [-0.2, -0.15) is 0 Å². The number of nitrogens with one attached hydrogen (secondary N) is 1. The Morgan fingerprint density at radius 2 is 1.87 bits per heavy atom. The van der Waals surface area contributed by atoms with Crippen LogP contribution in [0.15, 0.2) is 30.3 Å². The van der Waals surface area contributed by atoms with E-state index in [1.807, 2.05) is 44.2 Å². The zero-order valence-corrected chi connectivity index (χ0v) is 18.9. The summed E-state index contributed by atoms with van der Waals surface area (Å²) < 4.78 is 5.04. The first-order valence-corrected chi connectivity index (χ1v) is 11.4. The lowest BCUT2D eigenvalue weighted by Crippen LogP contribution is -2.70. The van der Waals surface area contributed by atoms with Crippen LogP contribution in [0.2, 0.25) is 0 Å². The smallest absolute Gasteiger partial charge is 0.330 e. The minimum absolute atomic E-state index is 0.192. The highest BCUT2D eigenvalue weighted by Crippen LogP contribution is 2.51. The highest BCUT2D eigenvalue weighted by molar-refractivity contribution is 8.01. The van der Waals surface area contributed by atoms with Crippen molar-refractivity contribution in [1.82, 2.24) is 15.1 Å². The summed E-state index contributed by atoms with van der Waals surface area (Å²) in [6.45, 7) is 10.8. The number of carbonyl (C=O) groups is 3. The number of ether oxygens (including phenoxy) is 1. The molecule has 0 spiro atoms. The molecule has 2 aliphatic heterocycles. The van der Waals surface area contributed by atoms with Crippen molar-refractivity contribution < 1.29 is 19.1 Å². The lowest BCUT2D eigenvalue weighted by molar-refractivity contribution is -0.164. The van der Waals surface area contributed by atoms with Crippen LogP contribution in [0.5, 0.6) is 0 Å². The minimum Gasteiger partial charge on any atom is -0.463 e. The number of hydrogen-bond donors (Lipinski definition) is 1. The molecule has 7 nitrogen and oxygen atoms in total. The van der Waals surface area contributed by atoms with E-state index in [1.54, 1.807) is 16.7 Å². The Morgan fingerprint density at radius 1 is 1.20 bits per heavy atom. The molecule has 2 fully saturated rings. The number of rotatable bonds is 9. The topological polar surface area (TPSA) is 79.0 Å². The Kier molecular flexibility index (Phi) is 7.08. The van der Waals surface area contributed by atoms with E-state index in [-0.39, 0.29) is 29.6 Å². The van der Waals surface area contributed by atoms with Gasteiger partial charge in [0.15, 0.2) is 0 Å². The maximum Gasteiger partial charge on any atom is 0.330 e. The van der Waals surface area contributed by atoms with Crippen molar-refractivity contribution in [3.8, 4) is 0 Å². The van der Waals surface area contributed by atoms with E-state index >= 15 is 0 Å². The molecule has 2 saturated heterocycles. The van der Waals surface area contributed by atoms with Crippen LogP contribution in [0.1, 0.15) is 33.3 Å². The van der Waals surface area contributed by atoms with Gasteiger partial charge in [-0.25, -0.2) is 4.79 Å². The summed E-state index contributed by atoms with van der Waals surface area (Å²) in [5, 5.41) is 2.60. The second-order valence-corrected chi connectivity index (χ2v) is 9.93. The maximum atomic E-state index is 12.8. The molecule has 1 unspecified atom stereocenters. The molecule has 1 aromatic carbocycles. The van der Waals surface area contributed by atoms with Crippen LogP contribution in [0.3, 0.4) is 0 Å². The molecule has 0 aromatic heterocycles. The van der Waals surface area contributed by atoms with E-state index in [0.29, 0.717) is 13.2 Å². The summed E-state index contributed by atoms with van der Waals surface area (Å²) in [4.78, 5) is 41.7. The third-order valence-corrected chi connectivity index (χ3v) is 7.31. The van der Waals surface area contributed by atoms with Crippen LogP contribution in [-0.2, 0) is 25.5 Å². The summed E-state index contributed by atoms with van der Waals surface area (Å²) in [6.07, 6.45) is 0.224. The molecular formula is C22H31N3O4S. The molecular weight excluding hydrogens is 402 g/mol. The average Bonchev–Trinajstić information content (AvgIpc) is 2.98. The first kappa shape index (κ1) is 22.6. The minimum atomic E-state index is -0.640. The van der Waals surface area contributed by atoms with Crippen molar-refractivity contribution in [3.05, 3.63) is 35.9 Å². The first-order valence-electron chi connectivity index (χ1n) is 10.5. The Labute approximate surface area is 182 Å². The van der Waals surface area contributed by atoms with E-state index < -0.39 is 16.8 Å². The van der Waals surface area contributed by atoms with Gasteiger partial charge in [-0.05, 0) is 32.5 Å². The van der Waals surface area contributed by atoms with Gasteiger partial charge in [0.25, 0.3) is 0 Å². The third-order valence-electron chi connectivity index (χ3n) is 5.73. The molecule has 3 rings (SSSR count). The van der Waals surface area contributed by atoms with Crippen LogP contribution in [0.4, 0.5) is 0 Å². The summed E-state index contributed by atoms with van der Waals surface area (Å²) >= 11 is 1.54. The largest absolute Gasteiger partial charge is 0.463 e. The van der Waals surface area contributed by atoms with Gasteiger partial charge >= 0.3 is 5.97 Å². The summed E-state index contributed by atoms with van der Waals surface area (Å²) in [5.41, 5.74) is 0.896. The quantitative estimate of drug-likeness (QED) is 0.471. The van der Waals surface area contributed by atoms with E-state index in [0.717, 1.165) is 18.7 Å². The van der Waals surface area contributed by atoms with Crippen LogP contribution in [0, 0.1) is 0 Å². The number of thioether (sulfide) groups is 1. The predicted octanol–water partition coefficient (Wildman–Crippen LogP) is 1.66. The highest BCUT2D eigenvalue weighted by atomic mass is 32.2. The summed E-state index contributed by atoms with van der Waals surface area (Å²) in [5.74, 6) is -0.780. The maximum absolute atomic E-state index is 12.8. The van der Waals surface area contributed by atoms with Gasteiger partial charge in [0.05, 0.1) is 6.42 Å². The number of fused-ring (bicyclic) bond motifs is 1. The van der Waals surface area contributed by atoms with Crippen molar-refractivity contribution in [2.45, 2.75) is 56.3 Å². The van der Waals surface area contributed by atoms with Gasteiger partial charge in [-0.15, -0.1) is 11.8 Å². The molecule has 2 aliphatic rings. The SMILES string of the molecule is CCN(CC)CCOC(=O)[C@@H]1N2C(=O)C(NC(=O)Cc3ccccc3)[C@H]2SC1(C)C. The molecule has 0 saturated carbocycles. The predicted molar refractivity (Wildman–Crippen MR) is 117 cm³/mol. The molecule has 164 valence electrons. The van der Waals surface area contributed by atoms with Crippen molar-refractivity contribution in [1.29, 1.82) is 0 Å². The zero-order valence-electron chi connectivity index (χ0n) is 18.1. The number of nitrogens with zero attached hydrogens (tertiary/aromatic N) is 2. The fraction of sp³-hybridized carbons (Fsp3) is 0.591. The number of β-lactam (4-membered cyclic amide) rings is 1. The second-order valence-electron chi connectivity index (χ2n) is 8.16. The van der Waals surface area contributed by atoms with Crippen molar-refractivity contribution >= 4 is 29.5 Å². The highest BCUT2D eigenvalue weighted by Gasteiger charge is 2.64. The van der Waals surface area contributed by atoms with Crippen molar-refractivity contribution in [3.63, 3.8) is 0 Å². The third kappa shape index (κ3) is 4.64. The van der Waals surface area contributed by atoms with Crippen LogP contribution >= 0.6 is 11.8 Å². The van der Waals surface area contributed by atoms with Crippen LogP contribution < -0.4 is 5.32 Å². The Hall–Kier alpha value is -2.06. The Bertz CT molecular complexity index is 782. The number of amides is 2. The fourth-order valence-corrected chi connectivity index (χ4v) is 5.65. The Balaban J connectivity index is 1.58. The molecule has 2 heterocycles. The van der Waals surface area contributed by atoms with Gasteiger partial charge < -0.3 is 19.9 Å². The van der Waals surface area contributed by atoms with E-state index in [1.165, 1.54) is 0 Å². The molecule has 0 radical (unpaired) electrons. The Morgan fingerprint density at radius 3 is 2.50 bits per heavy atom. The molecule has 3 atom stereocenters. The standard InChI is InChI=1S/C22H31N3O4S/c1-5-24(6-2)12-13-29-21(28)18-22(3,4)30-20-17(19(27)25(18)20)23-16(26)14-15-10-8-7-9-11-15/h7-11,17-18,20H,5-6,12-14H2,1-4H3,(H,23,26)/t17?,18-,20+/m0/s1. The van der Waals surface area contributed by atoms with Crippen LogP contribution in [-0.4, -0.2) is 76.0 Å². The molecule has 0 aliphatic carbocycles. The molecule has 1 N–H and O–H groups in total. The van der Waals surface area contributed by atoms with Crippen molar-refractivity contribution in [2.75, 3.05) is 26.2 Å². The lowest BCUT2D eigenvalue weighted by Gasteiger charge is -2.44. The van der Waals surface area contributed by atoms with Gasteiger partial charge in [0, 0.05) is 11.3 Å². The van der Waals surface area contributed by atoms with Crippen molar-refractivity contribution in [2.24, 2.45) is 0 Å². The normalized spacial score (nSPS) is 24.4. The molecule has 1 aromatic rings. The van der Waals surface area contributed by atoms with Gasteiger partial charge in [-0.3, -0.25) is 9.59 Å². The first-order chi connectivity index (χ1) is 14.3. The van der Waals surface area contributed by atoms with E-state index in [9.17, 15) is 14.4 Å². The average molecular weight is 434 g/mol. The van der Waals surface area contributed by atoms with Gasteiger partial charge in [0.2, 0.25) is 11.8 Å². The number of hydrogen-bond acceptors (Lipinski definition) is 6. The molecule has 8 heteroatoms. The van der Waals surface area contributed by atoms with Gasteiger partial charge in [-0.1, -0.05) is 44.2 Å². The number of likely N-dealkylation sites (N-methyl/N-ethyl adjacent to an activating group) is 1. The van der Waals surface area contributed by atoms with Crippen LogP contribution in [0.25, 0.3) is 0 Å². The number of esters is 1. The fourth-order valence-electron chi connectivity index (χ4n) is 4.03. The molecule has 2 amide bonds. The lowest BCUT2D eigenvalue weighted by atomic mass is 9.96. The molecule has 0 bridgehead atoms. The summed E-state index contributed by atoms with van der Waals surface area (Å²) in [7, 11) is 0. The zero-order chi connectivity index (χ0) is 21.9. The molecule has 30 heavy (non-hydrogen) atoms. The van der Waals surface area contributed by atoms with Gasteiger partial charge in [0.1, 0.15) is 24.1 Å². The number of benzene rings is 1. The number of carbonyl (C=O) groups excluding carboxylic acids is 3. The summed E-state index contributed by atoms with van der Waals surface area (Å²) in [6, 6.07) is 8.18. The second kappa shape index (κ2) is 9.39.